The largest absolute Gasteiger partial charge is 0.494 e. The highest BCUT2D eigenvalue weighted by molar-refractivity contribution is 5.94. The first-order chi connectivity index (χ1) is 18.8. The SMILES string of the molecule is CCOc1ccc(C(C)(C)C(Cc2cccc(Oc3ccccc3)c2)OC(=O)c2cccc(C(=O)O)c2)cc1. The monoisotopic (exact) mass is 524 g/mol. The summed E-state index contributed by atoms with van der Waals surface area (Å²) in [6.07, 6.45) is -0.167. The molecule has 0 aliphatic carbocycles. The van der Waals surface area contributed by atoms with Gasteiger partial charge in [0.05, 0.1) is 17.7 Å². The summed E-state index contributed by atoms with van der Waals surface area (Å²) < 4.78 is 17.7. The van der Waals surface area contributed by atoms with Crippen LogP contribution in [0.15, 0.2) is 103 Å². The fourth-order valence-corrected chi connectivity index (χ4v) is 4.33. The lowest BCUT2D eigenvalue weighted by Gasteiger charge is -2.35. The summed E-state index contributed by atoms with van der Waals surface area (Å²) >= 11 is 0. The number of carboxylic acids is 1. The summed E-state index contributed by atoms with van der Waals surface area (Å²) in [6.45, 7) is 6.55. The highest BCUT2D eigenvalue weighted by atomic mass is 16.5. The van der Waals surface area contributed by atoms with Gasteiger partial charge in [-0.3, -0.25) is 0 Å². The number of carboxylic acid groups (broad SMARTS) is 1. The third-order valence-corrected chi connectivity index (χ3v) is 6.61. The van der Waals surface area contributed by atoms with Crippen LogP contribution in [0.2, 0.25) is 0 Å². The molecule has 200 valence electrons. The van der Waals surface area contributed by atoms with Crippen LogP contribution < -0.4 is 9.47 Å². The van der Waals surface area contributed by atoms with Gasteiger partial charge < -0.3 is 19.3 Å². The average molecular weight is 525 g/mol. The van der Waals surface area contributed by atoms with Crippen LogP contribution in [0.25, 0.3) is 0 Å². The van der Waals surface area contributed by atoms with Crippen LogP contribution in [0.3, 0.4) is 0 Å². The molecule has 4 rings (SSSR count). The molecule has 39 heavy (non-hydrogen) atoms. The fourth-order valence-electron chi connectivity index (χ4n) is 4.33. The minimum absolute atomic E-state index is 0.0255. The van der Waals surface area contributed by atoms with Crippen molar-refractivity contribution in [2.45, 2.75) is 38.7 Å². The van der Waals surface area contributed by atoms with Crippen molar-refractivity contribution in [2.75, 3.05) is 6.61 Å². The molecule has 0 fully saturated rings. The lowest BCUT2D eigenvalue weighted by molar-refractivity contribution is 0.0111. The molecule has 0 aliphatic rings. The van der Waals surface area contributed by atoms with Gasteiger partial charge in [-0.1, -0.05) is 62.4 Å². The summed E-state index contributed by atoms with van der Waals surface area (Å²) in [5, 5.41) is 9.36. The number of rotatable bonds is 11. The Labute approximate surface area is 228 Å². The standard InChI is InChI=1S/C33H32O6/c1-4-37-27-18-16-26(17-19-27)33(2,3)30(39-32(36)25-12-9-11-24(22-25)31(34)35)21-23-10-8-15-29(20-23)38-28-13-6-5-7-14-28/h5-20,22,30H,4,21H2,1-3H3,(H,34,35). The highest BCUT2D eigenvalue weighted by Gasteiger charge is 2.35. The first kappa shape index (κ1) is 27.5. The van der Waals surface area contributed by atoms with Crippen molar-refractivity contribution in [3.05, 3.63) is 125 Å². The van der Waals surface area contributed by atoms with Crippen LogP contribution in [0.5, 0.6) is 17.2 Å². The molecule has 1 atom stereocenters. The molecule has 0 amide bonds. The zero-order chi connectivity index (χ0) is 27.8. The minimum atomic E-state index is -1.11. The van der Waals surface area contributed by atoms with Gasteiger partial charge in [0.1, 0.15) is 23.4 Å². The Morgan fingerprint density at radius 1 is 0.769 bits per heavy atom. The number of carbonyl (C=O) groups is 2. The van der Waals surface area contributed by atoms with E-state index < -0.39 is 23.5 Å². The molecule has 0 aliphatic heterocycles. The maximum Gasteiger partial charge on any atom is 0.338 e. The van der Waals surface area contributed by atoms with E-state index in [0.29, 0.717) is 18.8 Å². The fraction of sp³-hybridized carbons (Fsp3) is 0.212. The van der Waals surface area contributed by atoms with Crippen molar-refractivity contribution >= 4 is 11.9 Å². The predicted molar refractivity (Wildman–Crippen MR) is 150 cm³/mol. The molecular formula is C33H32O6. The van der Waals surface area contributed by atoms with E-state index in [-0.39, 0.29) is 11.1 Å². The van der Waals surface area contributed by atoms with E-state index in [1.54, 1.807) is 6.07 Å². The Bertz CT molecular complexity index is 1410. The number of aromatic carboxylic acids is 1. The van der Waals surface area contributed by atoms with Crippen molar-refractivity contribution in [3.8, 4) is 17.2 Å². The predicted octanol–water partition coefficient (Wildman–Crippen LogP) is 7.32. The van der Waals surface area contributed by atoms with Gasteiger partial charge in [0.25, 0.3) is 0 Å². The van der Waals surface area contributed by atoms with E-state index in [1.165, 1.54) is 18.2 Å². The molecule has 0 radical (unpaired) electrons. The Morgan fingerprint density at radius 3 is 2.13 bits per heavy atom. The van der Waals surface area contributed by atoms with Gasteiger partial charge in [-0.25, -0.2) is 9.59 Å². The number of para-hydroxylation sites is 1. The number of benzene rings is 4. The van der Waals surface area contributed by atoms with Gasteiger partial charge >= 0.3 is 11.9 Å². The normalized spacial score (nSPS) is 11.9. The van der Waals surface area contributed by atoms with Crippen molar-refractivity contribution in [1.29, 1.82) is 0 Å². The van der Waals surface area contributed by atoms with Crippen molar-refractivity contribution in [2.24, 2.45) is 0 Å². The van der Waals surface area contributed by atoms with Gasteiger partial charge in [0.2, 0.25) is 0 Å². The zero-order valence-corrected chi connectivity index (χ0v) is 22.3. The molecule has 1 unspecified atom stereocenters. The summed E-state index contributed by atoms with van der Waals surface area (Å²) in [7, 11) is 0. The molecule has 0 aromatic heterocycles. The van der Waals surface area contributed by atoms with Crippen molar-refractivity contribution in [1.82, 2.24) is 0 Å². The molecule has 0 heterocycles. The van der Waals surface area contributed by atoms with E-state index in [9.17, 15) is 14.7 Å². The van der Waals surface area contributed by atoms with Gasteiger partial charge in [-0.2, -0.15) is 0 Å². The first-order valence-electron chi connectivity index (χ1n) is 12.9. The Balaban J connectivity index is 1.64. The molecule has 1 N–H and O–H groups in total. The van der Waals surface area contributed by atoms with E-state index >= 15 is 0 Å². The minimum Gasteiger partial charge on any atom is -0.494 e. The average Bonchev–Trinajstić information content (AvgIpc) is 2.94. The molecule has 6 nitrogen and oxygen atoms in total. The summed E-state index contributed by atoms with van der Waals surface area (Å²) in [6, 6.07) is 30.9. The van der Waals surface area contributed by atoms with Crippen LogP contribution in [0.4, 0.5) is 0 Å². The van der Waals surface area contributed by atoms with E-state index in [0.717, 1.165) is 22.6 Å². The third kappa shape index (κ3) is 7.05. The van der Waals surface area contributed by atoms with E-state index in [2.05, 4.69) is 0 Å². The van der Waals surface area contributed by atoms with Gasteiger partial charge in [0, 0.05) is 11.8 Å². The Hall–Kier alpha value is -4.58. The number of hydrogen-bond donors (Lipinski definition) is 1. The smallest absolute Gasteiger partial charge is 0.338 e. The van der Waals surface area contributed by atoms with Crippen molar-refractivity contribution < 1.29 is 28.9 Å². The zero-order valence-electron chi connectivity index (χ0n) is 22.3. The van der Waals surface area contributed by atoms with E-state index in [4.69, 9.17) is 14.2 Å². The number of carbonyl (C=O) groups excluding carboxylic acids is 1. The number of esters is 1. The quantitative estimate of drug-likeness (QED) is 0.207. The van der Waals surface area contributed by atoms with Crippen molar-refractivity contribution in [3.63, 3.8) is 0 Å². The molecular weight excluding hydrogens is 492 g/mol. The lowest BCUT2D eigenvalue weighted by atomic mass is 9.77. The second-order valence-electron chi connectivity index (χ2n) is 9.73. The van der Waals surface area contributed by atoms with Crippen LogP contribution in [-0.2, 0) is 16.6 Å². The molecule has 4 aromatic carbocycles. The third-order valence-electron chi connectivity index (χ3n) is 6.61. The van der Waals surface area contributed by atoms with Gasteiger partial charge in [-0.05, 0) is 72.6 Å². The number of ether oxygens (including phenoxy) is 3. The maximum atomic E-state index is 13.3. The Kier molecular flexibility index (Phi) is 8.67. The summed E-state index contributed by atoms with van der Waals surface area (Å²) in [5.74, 6) is 0.481. The molecule has 6 heteroatoms. The molecule has 0 spiro atoms. The van der Waals surface area contributed by atoms with Crippen LogP contribution in [0, 0.1) is 0 Å². The highest BCUT2D eigenvalue weighted by Crippen LogP contribution is 2.34. The van der Waals surface area contributed by atoms with Gasteiger partial charge in [0.15, 0.2) is 0 Å². The first-order valence-corrected chi connectivity index (χ1v) is 12.9. The molecule has 0 bridgehead atoms. The molecule has 0 saturated carbocycles. The summed E-state index contributed by atoms with van der Waals surface area (Å²) in [4.78, 5) is 24.7. The Morgan fingerprint density at radius 2 is 1.44 bits per heavy atom. The number of hydrogen-bond acceptors (Lipinski definition) is 5. The van der Waals surface area contributed by atoms with E-state index in [1.807, 2.05) is 99.6 Å². The summed E-state index contributed by atoms with van der Waals surface area (Å²) in [5.41, 5.74) is 1.52. The second-order valence-corrected chi connectivity index (χ2v) is 9.73. The molecule has 4 aromatic rings. The molecule has 0 saturated heterocycles. The van der Waals surface area contributed by atoms with Gasteiger partial charge in [-0.15, -0.1) is 0 Å². The second kappa shape index (κ2) is 12.3. The lowest BCUT2D eigenvalue weighted by Crippen LogP contribution is -2.39. The van der Waals surface area contributed by atoms with Crippen LogP contribution >= 0.6 is 0 Å². The topological polar surface area (TPSA) is 82.1 Å². The van der Waals surface area contributed by atoms with Crippen LogP contribution in [-0.4, -0.2) is 29.8 Å². The maximum absolute atomic E-state index is 13.3. The van der Waals surface area contributed by atoms with Crippen LogP contribution in [0.1, 0.15) is 52.6 Å².